The molecule has 0 aliphatic heterocycles. The zero-order valence-corrected chi connectivity index (χ0v) is 16.5. The van der Waals surface area contributed by atoms with Crippen LogP contribution in [0.2, 0.25) is 0 Å². The third kappa shape index (κ3) is 5.79. The molecule has 6 heteroatoms. The molecule has 1 aromatic carbocycles. The topological polar surface area (TPSA) is 63.5 Å². The molecule has 1 aromatic heterocycles. The van der Waals surface area contributed by atoms with Crippen molar-refractivity contribution in [1.29, 1.82) is 0 Å². The van der Waals surface area contributed by atoms with Crippen LogP contribution >= 0.6 is 0 Å². The van der Waals surface area contributed by atoms with Crippen LogP contribution in [0.3, 0.4) is 0 Å². The molecule has 2 N–H and O–H groups in total. The maximum Gasteiger partial charge on any atom is 0.191 e. The average molecular weight is 358 g/mol. The normalized spacial score (nSPS) is 12.7. The molecule has 0 aliphatic rings. The molecule has 1 unspecified atom stereocenters. The number of guanidine groups is 1. The Morgan fingerprint density at radius 2 is 2.00 bits per heavy atom. The second-order valence-corrected chi connectivity index (χ2v) is 6.44. The van der Waals surface area contributed by atoms with Gasteiger partial charge in [0.15, 0.2) is 5.96 Å². The maximum absolute atomic E-state index is 5.70. The van der Waals surface area contributed by atoms with E-state index in [1.54, 1.807) is 0 Å². The van der Waals surface area contributed by atoms with Crippen molar-refractivity contribution in [3.05, 3.63) is 47.3 Å². The lowest BCUT2D eigenvalue weighted by atomic mass is 10.1. The molecule has 0 bridgehead atoms. The summed E-state index contributed by atoms with van der Waals surface area (Å²) in [5.41, 5.74) is 3.61. The summed E-state index contributed by atoms with van der Waals surface area (Å²) >= 11 is 0. The van der Waals surface area contributed by atoms with Crippen molar-refractivity contribution >= 4 is 5.96 Å². The Kier molecular flexibility index (Phi) is 7.51. The highest BCUT2D eigenvalue weighted by molar-refractivity contribution is 5.80. The van der Waals surface area contributed by atoms with Crippen molar-refractivity contribution in [3.8, 4) is 5.75 Å². The molecule has 26 heavy (non-hydrogen) atoms. The molecule has 1 heterocycles. The van der Waals surface area contributed by atoms with Crippen molar-refractivity contribution in [2.45, 2.75) is 40.2 Å². The summed E-state index contributed by atoms with van der Waals surface area (Å²) in [7, 11) is 1.99. The predicted octanol–water partition coefficient (Wildman–Crippen LogP) is 2.60. The highest BCUT2D eigenvalue weighted by Crippen LogP contribution is 2.14. The number of aromatic nitrogens is 2. The van der Waals surface area contributed by atoms with Crippen molar-refractivity contribution in [3.63, 3.8) is 0 Å². The van der Waals surface area contributed by atoms with E-state index in [1.807, 2.05) is 42.1 Å². The average Bonchev–Trinajstić information content (AvgIpc) is 2.86. The Balaban J connectivity index is 1.87. The summed E-state index contributed by atoms with van der Waals surface area (Å²) < 4.78 is 7.64. The number of benzene rings is 1. The molecular formula is C20H31N5O. The van der Waals surface area contributed by atoms with Crippen molar-refractivity contribution in [2.24, 2.45) is 12.0 Å². The zero-order chi connectivity index (χ0) is 18.9. The highest BCUT2D eigenvalue weighted by atomic mass is 16.5. The Morgan fingerprint density at radius 3 is 2.62 bits per heavy atom. The van der Waals surface area contributed by atoms with E-state index in [0.717, 1.165) is 30.4 Å². The zero-order valence-electron chi connectivity index (χ0n) is 16.5. The third-order valence-electron chi connectivity index (χ3n) is 4.27. The lowest BCUT2D eigenvalue weighted by Crippen LogP contribution is -2.43. The van der Waals surface area contributed by atoms with Gasteiger partial charge in [-0.1, -0.05) is 18.2 Å². The Labute approximate surface area is 156 Å². The van der Waals surface area contributed by atoms with Crippen LogP contribution in [0.5, 0.6) is 5.75 Å². The molecule has 0 saturated carbocycles. The molecule has 142 valence electrons. The van der Waals surface area contributed by atoms with Crippen LogP contribution in [0.25, 0.3) is 0 Å². The van der Waals surface area contributed by atoms with E-state index in [0.29, 0.717) is 13.2 Å². The summed E-state index contributed by atoms with van der Waals surface area (Å²) in [6.07, 6.45) is 0.913. The van der Waals surface area contributed by atoms with Gasteiger partial charge in [0.1, 0.15) is 12.4 Å². The van der Waals surface area contributed by atoms with Gasteiger partial charge in [-0.25, -0.2) is 4.99 Å². The minimum Gasteiger partial charge on any atom is -0.492 e. The molecule has 2 rings (SSSR count). The molecule has 0 spiro atoms. The lowest BCUT2D eigenvalue weighted by molar-refractivity contribution is 0.328. The molecule has 0 aliphatic carbocycles. The third-order valence-corrected chi connectivity index (χ3v) is 4.27. The number of rotatable bonds is 8. The van der Waals surface area contributed by atoms with E-state index in [1.165, 1.54) is 11.3 Å². The van der Waals surface area contributed by atoms with Crippen LogP contribution in [0.4, 0.5) is 0 Å². The fraction of sp³-hybridized carbons (Fsp3) is 0.500. The van der Waals surface area contributed by atoms with Crippen molar-refractivity contribution in [1.82, 2.24) is 20.4 Å². The number of aliphatic imine (C=N–C) groups is 1. The molecule has 0 saturated heterocycles. The minimum atomic E-state index is 0.254. The number of para-hydroxylation sites is 1. The Morgan fingerprint density at radius 1 is 1.27 bits per heavy atom. The maximum atomic E-state index is 5.70. The fourth-order valence-corrected chi connectivity index (χ4v) is 2.86. The van der Waals surface area contributed by atoms with Gasteiger partial charge in [-0.15, -0.1) is 0 Å². The predicted molar refractivity (Wildman–Crippen MR) is 107 cm³/mol. The van der Waals surface area contributed by atoms with Gasteiger partial charge < -0.3 is 15.4 Å². The lowest BCUT2D eigenvalue weighted by Gasteiger charge is -2.18. The van der Waals surface area contributed by atoms with Crippen molar-refractivity contribution in [2.75, 3.05) is 19.7 Å². The van der Waals surface area contributed by atoms with Gasteiger partial charge in [-0.2, -0.15) is 5.10 Å². The summed E-state index contributed by atoms with van der Waals surface area (Å²) in [5.74, 6) is 1.69. The van der Waals surface area contributed by atoms with Crippen LogP contribution in [-0.4, -0.2) is 41.5 Å². The van der Waals surface area contributed by atoms with E-state index in [4.69, 9.17) is 4.74 Å². The van der Waals surface area contributed by atoms with Crippen LogP contribution in [0.1, 0.15) is 30.8 Å². The number of ether oxygens (including phenoxy) is 1. The molecule has 6 nitrogen and oxygen atoms in total. The van der Waals surface area contributed by atoms with Crippen LogP contribution in [-0.2, 0) is 13.5 Å². The van der Waals surface area contributed by atoms with E-state index in [2.05, 4.69) is 48.4 Å². The van der Waals surface area contributed by atoms with Crippen LogP contribution in [0.15, 0.2) is 35.3 Å². The summed E-state index contributed by atoms with van der Waals surface area (Å²) in [6, 6.07) is 10.1. The fourth-order valence-electron chi connectivity index (χ4n) is 2.86. The van der Waals surface area contributed by atoms with Gasteiger partial charge in [0, 0.05) is 25.3 Å². The first-order valence-electron chi connectivity index (χ1n) is 9.23. The number of aryl methyl sites for hydroxylation is 2. The first-order valence-corrected chi connectivity index (χ1v) is 9.23. The number of nitrogens with zero attached hydrogens (tertiary/aromatic N) is 3. The van der Waals surface area contributed by atoms with E-state index in [9.17, 15) is 0 Å². The molecular weight excluding hydrogens is 326 g/mol. The molecule has 0 amide bonds. The highest BCUT2D eigenvalue weighted by Gasteiger charge is 2.13. The van der Waals surface area contributed by atoms with Gasteiger partial charge >= 0.3 is 0 Å². The SMILES string of the molecule is CCNC(=NCCOc1ccccc1)NC(C)Cc1c(C)nn(C)c1C. The summed E-state index contributed by atoms with van der Waals surface area (Å²) in [6.45, 7) is 10.4. The Hall–Kier alpha value is -2.50. The molecule has 0 radical (unpaired) electrons. The largest absolute Gasteiger partial charge is 0.492 e. The first-order chi connectivity index (χ1) is 12.5. The van der Waals surface area contributed by atoms with Crippen LogP contribution < -0.4 is 15.4 Å². The first kappa shape index (κ1) is 19.8. The van der Waals surface area contributed by atoms with Gasteiger partial charge in [0.05, 0.1) is 12.2 Å². The van der Waals surface area contributed by atoms with Crippen LogP contribution in [0, 0.1) is 13.8 Å². The monoisotopic (exact) mass is 357 g/mol. The molecule has 0 fully saturated rings. The van der Waals surface area contributed by atoms with E-state index in [-0.39, 0.29) is 6.04 Å². The van der Waals surface area contributed by atoms with Gasteiger partial charge in [0.25, 0.3) is 0 Å². The smallest absolute Gasteiger partial charge is 0.191 e. The van der Waals surface area contributed by atoms with Gasteiger partial charge in [-0.05, 0) is 51.8 Å². The Bertz CT molecular complexity index is 708. The number of nitrogens with one attached hydrogen (secondary N) is 2. The quantitative estimate of drug-likeness (QED) is 0.433. The van der Waals surface area contributed by atoms with E-state index >= 15 is 0 Å². The van der Waals surface area contributed by atoms with Crippen molar-refractivity contribution < 1.29 is 4.74 Å². The number of hydrogen-bond donors (Lipinski definition) is 2. The second-order valence-electron chi connectivity index (χ2n) is 6.44. The summed E-state index contributed by atoms with van der Waals surface area (Å²) in [4.78, 5) is 4.61. The molecule has 1 atom stereocenters. The van der Waals surface area contributed by atoms with Gasteiger partial charge in [-0.3, -0.25) is 4.68 Å². The number of hydrogen-bond acceptors (Lipinski definition) is 3. The van der Waals surface area contributed by atoms with Gasteiger partial charge in [0.2, 0.25) is 0 Å². The summed E-state index contributed by atoms with van der Waals surface area (Å²) in [5, 5.41) is 11.3. The second kappa shape index (κ2) is 9.85. The molecule has 2 aromatic rings. The minimum absolute atomic E-state index is 0.254. The standard InChI is InChI=1S/C20H31N5O/c1-6-21-20(22-12-13-26-18-10-8-7-9-11-18)23-15(2)14-19-16(3)24-25(5)17(19)4/h7-11,15H,6,12-14H2,1-5H3,(H2,21,22,23). The van der Waals surface area contributed by atoms with E-state index < -0.39 is 0 Å².